The normalized spacial score (nSPS) is 23.5. The Morgan fingerprint density at radius 1 is 1.35 bits per heavy atom. The molecule has 4 nitrogen and oxygen atoms in total. The average Bonchev–Trinajstić information content (AvgIpc) is 2.54. The van der Waals surface area contributed by atoms with Crippen LogP contribution in [0.3, 0.4) is 0 Å². The van der Waals surface area contributed by atoms with Crippen LogP contribution in [0.15, 0.2) is 18.2 Å². The summed E-state index contributed by atoms with van der Waals surface area (Å²) in [7, 11) is 0. The van der Waals surface area contributed by atoms with Crippen molar-refractivity contribution in [2.45, 2.75) is 12.6 Å². The van der Waals surface area contributed by atoms with Crippen molar-refractivity contribution in [1.82, 2.24) is 10.6 Å². The number of anilines is 1. The number of rotatable bonds is 0. The van der Waals surface area contributed by atoms with Gasteiger partial charge in [-0.1, -0.05) is 17.7 Å². The summed E-state index contributed by atoms with van der Waals surface area (Å²) < 4.78 is 0. The lowest BCUT2D eigenvalue weighted by atomic mass is 10.1. The lowest BCUT2D eigenvalue weighted by Gasteiger charge is -2.37. The first kappa shape index (κ1) is 10.9. The summed E-state index contributed by atoms with van der Waals surface area (Å²) >= 11 is 6.11. The quantitative estimate of drug-likeness (QED) is 0.729. The van der Waals surface area contributed by atoms with E-state index in [1.165, 1.54) is 0 Å². The molecular weight excluding hydrogens is 238 g/mol. The highest BCUT2D eigenvalue weighted by molar-refractivity contribution is 6.34. The van der Waals surface area contributed by atoms with Gasteiger partial charge in [0.15, 0.2) is 0 Å². The summed E-state index contributed by atoms with van der Waals surface area (Å²) in [6.07, 6.45) is 1.00. The topological polar surface area (TPSA) is 44.4 Å². The van der Waals surface area contributed by atoms with Gasteiger partial charge >= 0.3 is 0 Å². The molecule has 90 valence electrons. The van der Waals surface area contributed by atoms with E-state index < -0.39 is 0 Å². The van der Waals surface area contributed by atoms with Crippen LogP contribution in [0.2, 0.25) is 5.02 Å². The second-order valence-corrected chi connectivity index (χ2v) is 4.76. The Hall–Kier alpha value is -1.26. The van der Waals surface area contributed by atoms with Gasteiger partial charge in [0, 0.05) is 13.1 Å². The largest absolute Gasteiger partial charge is 0.349 e. The maximum atomic E-state index is 12.0. The molecule has 1 aromatic rings. The SMILES string of the molecule is O=C1N[C@H]2CCNCCN2c2cccc(Cl)c21. The van der Waals surface area contributed by atoms with Crippen molar-refractivity contribution < 1.29 is 4.79 Å². The molecule has 3 rings (SSSR count). The number of carbonyl (C=O) groups excluding carboxylic acids is 1. The predicted octanol–water partition coefficient (Wildman–Crippen LogP) is 1.21. The number of hydrogen-bond donors (Lipinski definition) is 2. The number of halogens is 1. The van der Waals surface area contributed by atoms with Gasteiger partial charge in [-0.15, -0.1) is 0 Å². The minimum absolute atomic E-state index is 0.0613. The number of carbonyl (C=O) groups is 1. The van der Waals surface area contributed by atoms with Crippen LogP contribution < -0.4 is 15.5 Å². The molecule has 1 aromatic carbocycles. The third kappa shape index (κ3) is 1.77. The fourth-order valence-corrected chi connectivity index (χ4v) is 2.77. The fourth-order valence-electron chi connectivity index (χ4n) is 2.51. The van der Waals surface area contributed by atoms with Gasteiger partial charge in [-0.2, -0.15) is 0 Å². The average molecular weight is 252 g/mol. The first-order valence-corrected chi connectivity index (χ1v) is 6.22. The fraction of sp³-hybridized carbons (Fsp3) is 0.417. The molecule has 5 heteroatoms. The third-order valence-electron chi connectivity index (χ3n) is 3.33. The lowest BCUT2D eigenvalue weighted by molar-refractivity contribution is 0.0926. The summed E-state index contributed by atoms with van der Waals surface area (Å²) in [5.74, 6) is -0.0613. The Labute approximate surface area is 105 Å². The van der Waals surface area contributed by atoms with E-state index in [9.17, 15) is 4.79 Å². The summed E-state index contributed by atoms with van der Waals surface area (Å²) in [5, 5.41) is 6.88. The highest BCUT2D eigenvalue weighted by atomic mass is 35.5. The van der Waals surface area contributed by atoms with Crippen molar-refractivity contribution in [1.29, 1.82) is 0 Å². The van der Waals surface area contributed by atoms with Gasteiger partial charge in [-0.05, 0) is 25.1 Å². The zero-order chi connectivity index (χ0) is 11.8. The Morgan fingerprint density at radius 3 is 3.12 bits per heavy atom. The molecule has 1 amide bonds. The Morgan fingerprint density at radius 2 is 2.24 bits per heavy atom. The summed E-state index contributed by atoms with van der Waals surface area (Å²) in [4.78, 5) is 14.3. The van der Waals surface area contributed by atoms with Gasteiger partial charge in [0.1, 0.15) is 6.17 Å². The molecule has 1 atom stereocenters. The summed E-state index contributed by atoms with van der Waals surface area (Å²) in [6.45, 7) is 2.74. The predicted molar refractivity (Wildman–Crippen MR) is 67.5 cm³/mol. The van der Waals surface area contributed by atoms with Gasteiger partial charge in [0.25, 0.3) is 5.91 Å². The van der Waals surface area contributed by atoms with Gasteiger partial charge in [-0.3, -0.25) is 4.79 Å². The Bertz CT molecular complexity index is 463. The lowest BCUT2D eigenvalue weighted by Crippen LogP contribution is -2.53. The van der Waals surface area contributed by atoms with E-state index in [1.54, 1.807) is 6.07 Å². The van der Waals surface area contributed by atoms with Crippen molar-refractivity contribution in [3.05, 3.63) is 28.8 Å². The zero-order valence-corrected chi connectivity index (χ0v) is 10.1. The van der Waals surface area contributed by atoms with Crippen molar-refractivity contribution in [2.75, 3.05) is 24.5 Å². The van der Waals surface area contributed by atoms with E-state index in [2.05, 4.69) is 15.5 Å². The van der Waals surface area contributed by atoms with Crippen molar-refractivity contribution in [3.63, 3.8) is 0 Å². The summed E-state index contributed by atoms with van der Waals surface area (Å²) in [5.41, 5.74) is 1.56. The number of amides is 1. The maximum absolute atomic E-state index is 12.0. The van der Waals surface area contributed by atoms with E-state index >= 15 is 0 Å². The van der Waals surface area contributed by atoms with Crippen LogP contribution in [0.1, 0.15) is 16.8 Å². The molecule has 2 N–H and O–H groups in total. The van der Waals surface area contributed by atoms with Gasteiger partial charge in [0.05, 0.1) is 16.3 Å². The molecule has 1 fully saturated rings. The molecule has 0 spiro atoms. The molecule has 0 aromatic heterocycles. The molecule has 17 heavy (non-hydrogen) atoms. The first-order valence-electron chi connectivity index (χ1n) is 5.84. The molecule has 0 saturated carbocycles. The van der Waals surface area contributed by atoms with Crippen LogP contribution in [0.25, 0.3) is 0 Å². The van der Waals surface area contributed by atoms with E-state index in [0.717, 1.165) is 31.7 Å². The van der Waals surface area contributed by atoms with Gasteiger partial charge in [0.2, 0.25) is 0 Å². The van der Waals surface area contributed by atoms with Crippen molar-refractivity contribution in [3.8, 4) is 0 Å². The number of nitrogens with zero attached hydrogens (tertiary/aromatic N) is 1. The minimum Gasteiger partial charge on any atom is -0.349 e. The molecule has 2 aliphatic rings. The number of fused-ring (bicyclic) bond motifs is 3. The third-order valence-corrected chi connectivity index (χ3v) is 3.64. The van der Waals surface area contributed by atoms with E-state index in [4.69, 9.17) is 11.6 Å². The molecular formula is C12H14ClN3O. The smallest absolute Gasteiger partial charge is 0.256 e. The molecule has 0 radical (unpaired) electrons. The molecule has 0 bridgehead atoms. The molecule has 2 heterocycles. The van der Waals surface area contributed by atoms with E-state index in [-0.39, 0.29) is 12.1 Å². The number of nitrogens with one attached hydrogen (secondary N) is 2. The molecule has 0 aliphatic carbocycles. The van der Waals surface area contributed by atoms with E-state index in [0.29, 0.717) is 10.6 Å². The van der Waals surface area contributed by atoms with Crippen molar-refractivity contribution >= 4 is 23.2 Å². The summed E-state index contributed by atoms with van der Waals surface area (Å²) in [6, 6.07) is 5.63. The maximum Gasteiger partial charge on any atom is 0.256 e. The number of benzene rings is 1. The monoisotopic (exact) mass is 251 g/mol. The second-order valence-electron chi connectivity index (χ2n) is 4.36. The second kappa shape index (κ2) is 4.20. The van der Waals surface area contributed by atoms with Crippen LogP contribution in [-0.2, 0) is 0 Å². The zero-order valence-electron chi connectivity index (χ0n) is 9.37. The first-order chi connectivity index (χ1) is 8.27. The molecule has 1 saturated heterocycles. The van der Waals surface area contributed by atoms with E-state index in [1.807, 2.05) is 12.1 Å². The minimum atomic E-state index is -0.0613. The van der Waals surface area contributed by atoms with Crippen LogP contribution in [0.5, 0.6) is 0 Å². The van der Waals surface area contributed by atoms with Crippen LogP contribution in [-0.4, -0.2) is 31.7 Å². The Kier molecular flexibility index (Phi) is 2.68. The van der Waals surface area contributed by atoms with Gasteiger partial charge < -0.3 is 15.5 Å². The van der Waals surface area contributed by atoms with Gasteiger partial charge in [-0.25, -0.2) is 0 Å². The molecule has 0 unspecified atom stereocenters. The highest BCUT2D eigenvalue weighted by Gasteiger charge is 2.32. The van der Waals surface area contributed by atoms with Crippen LogP contribution in [0.4, 0.5) is 5.69 Å². The number of hydrogen-bond acceptors (Lipinski definition) is 3. The Balaban J connectivity index is 2.08. The van der Waals surface area contributed by atoms with Crippen molar-refractivity contribution in [2.24, 2.45) is 0 Å². The standard InChI is InChI=1S/C12H14ClN3O/c13-8-2-1-3-9-11(8)12(17)15-10-4-5-14-6-7-16(9)10/h1-3,10,14H,4-7H2,(H,15,17)/t10-/m1/s1. The van der Waals surface area contributed by atoms with Crippen LogP contribution >= 0.6 is 11.6 Å². The van der Waals surface area contributed by atoms with Crippen LogP contribution in [0, 0.1) is 0 Å². The highest BCUT2D eigenvalue weighted by Crippen LogP contribution is 2.32. The molecule has 2 aliphatic heterocycles.